The molecule has 12 nitrogen and oxygen atoms in total. The van der Waals surface area contributed by atoms with Gasteiger partial charge >= 0.3 is 0 Å². The van der Waals surface area contributed by atoms with Gasteiger partial charge in [0.05, 0.1) is 26.3 Å². The van der Waals surface area contributed by atoms with Crippen molar-refractivity contribution in [3.05, 3.63) is 82.9 Å². The van der Waals surface area contributed by atoms with Crippen LogP contribution in [-0.4, -0.2) is 84.2 Å². The molecule has 2 unspecified atom stereocenters. The third-order valence-electron chi connectivity index (χ3n) is 8.80. The van der Waals surface area contributed by atoms with Crippen LogP contribution in [0.4, 0.5) is 0 Å². The van der Waals surface area contributed by atoms with Crippen LogP contribution in [0.15, 0.2) is 60.7 Å². The van der Waals surface area contributed by atoms with Crippen molar-refractivity contribution in [2.75, 3.05) is 54.0 Å². The van der Waals surface area contributed by atoms with Crippen molar-refractivity contribution >= 4 is 0 Å². The van der Waals surface area contributed by atoms with Crippen molar-refractivity contribution in [3.8, 4) is 57.5 Å². The molecule has 3 heterocycles. The van der Waals surface area contributed by atoms with Gasteiger partial charge in [0.2, 0.25) is 13.6 Å². The summed E-state index contributed by atoms with van der Waals surface area (Å²) in [6, 6.07) is 16.0. The molecule has 0 bridgehead atoms. The lowest BCUT2D eigenvalue weighted by Gasteiger charge is -2.43. The van der Waals surface area contributed by atoms with E-state index in [0.717, 1.165) is 0 Å². The predicted octanol–water partition coefficient (Wildman–Crippen LogP) is 4.48. The number of benzene rings is 4. The van der Waals surface area contributed by atoms with Crippen molar-refractivity contribution < 1.29 is 48.8 Å². The Kier molecular flexibility index (Phi) is 7.67. The summed E-state index contributed by atoms with van der Waals surface area (Å²) in [5, 5.41) is 45.0. The number of phenols is 4. The summed E-state index contributed by atoms with van der Waals surface area (Å²) in [7, 11) is 2.98. The molecule has 4 N–H and O–H groups in total. The summed E-state index contributed by atoms with van der Waals surface area (Å²) < 4.78 is 33.1. The number of hydrogen-bond donors (Lipinski definition) is 4. The molecule has 0 saturated carbocycles. The van der Waals surface area contributed by atoms with Crippen molar-refractivity contribution in [2.24, 2.45) is 0 Å². The lowest BCUT2D eigenvalue weighted by atomic mass is 9.92. The van der Waals surface area contributed by atoms with Crippen molar-refractivity contribution in [3.63, 3.8) is 0 Å². The summed E-state index contributed by atoms with van der Waals surface area (Å²) in [6.07, 6.45) is 0. The fourth-order valence-electron chi connectivity index (χ4n) is 6.56. The van der Waals surface area contributed by atoms with Gasteiger partial charge in [0.25, 0.3) is 0 Å². The van der Waals surface area contributed by atoms with E-state index >= 15 is 0 Å². The van der Waals surface area contributed by atoms with Crippen LogP contribution >= 0.6 is 0 Å². The minimum absolute atomic E-state index is 0.00311. The highest BCUT2D eigenvalue weighted by Gasteiger charge is 2.37. The molecule has 0 spiro atoms. The molecule has 4 aromatic rings. The normalized spacial score (nSPS) is 17.1. The standard InChI is InChI=1S/C34H34N2O10/c1-41-25-7-3-5-19(33(25)39)31(21-13-27-29(15-23(21)37)45-17-43-27)35-9-11-36(12-10-35)32(20-6-4-8-26(42-2)34(20)40)22-14-28-30(16-24(22)38)46-18-44-28/h3-8,13-16,31-32,37-40H,9-12,17-18H2,1-2H3. The van der Waals surface area contributed by atoms with E-state index in [4.69, 9.17) is 28.4 Å². The maximum Gasteiger partial charge on any atom is 0.231 e. The lowest BCUT2D eigenvalue weighted by Crippen LogP contribution is -2.49. The minimum atomic E-state index is -0.575. The second-order valence-electron chi connectivity index (χ2n) is 11.2. The SMILES string of the molecule is COc1cccc(C(c2cc3c(cc2O)OCO3)N2CCN(C(c3cc4c(cc3O)OCO4)c3cccc(OC)c3O)CC2)c1O. The highest BCUT2D eigenvalue weighted by atomic mass is 16.7. The first-order chi connectivity index (χ1) is 22.4. The summed E-state index contributed by atoms with van der Waals surface area (Å²) in [5.41, 5.74) is 2.18. The zero-order chi connectivity index (χ0) is 31.9. The Morgan fingerprint density at radius 2 is 0.913 bits per heavy atom. The number of ether oxygens (including phenoxy) is 6. The molecule has 4 aromatic carbocycles. The van der Waals surface area contributed by atoms with Gasteiger partial charge in [-0.2, -0.15) is 0 Å². The molecular formula is C34H34N2O10. The van der Waals surface area contributed by atoms with Gasteiger partial charge in [0, 0.05) is 60.6 Å². The van der Waals surface area contributed by atoms with Crippen LogP contribution in [0.1, 0.15) is 34.3 Å². The number of methoxy groups -OCH3 is 2. The third kappa shape index (κ3) is 5.05. The molecule has 1 fully saturated rings. The molecule has 0 aromatic heterocycles. The van der Waals surface area contributed by atoms with Crippen LogP contribution < -0.4 is 28.4 Å². The topological polar surface area (TPSA) is 143 Å². The second-order valence-corrected chi connectivity index (χ2v) is 11.2. The van der Waals surface area contributed by atoms with Gasteiger partial charge in [-0.3, -0.25) is 9.80 Å². The molecule has 1 saturated heterocycles. The van der Waals surface area contributed by atoms with Crippen LogP contribution in [0.3, 0.4) is 0 Å². The lowest BCUT2D eigenvalue weighted by molar-refractivity contribution is 0.0866. The number of nitrogens with zero attached hydrogens (tertiary/aromatic N) is 2. The Balaban J connectivity index is 1.27. The van der Waals surface area contributed by atoms with E-state index in [1.54, 1.807) is 48.5 Å². The van der Waals surface area contributed by atoms with Gasteiger partial charge in [0.1, 0.15) is 11.5 Å². The maximum absolute atomic E-state index is 11.3. The Morgan fingerprint density at radius 1 is 0.543 bits per heavy atom. The van der Waals surface area contributed by atoms with Crippen LogP contribution in [0.2, 0.25) is 0 Å². The highest BCUT2D eigenvalue weighted by Crippen LogP contribution is 2.49. The van der Waals surface area contributed by atoms with Crippen LogP contribution in [0.25, 0.3) is 0 Å². The van der Waals surface area contributed by atoms with Gasteiger partial charge < -0.3 is 48.8 Å². The van der Waals surface area contributed by atoms with Crippen LogP contribution in [0, 0.1) is 0 Å². The molecule has 12 heteroatoms. The van der Waals surface area contributed by atoms with Crippen molar-refractivity contribution in [1.82, 2.24) is 9.80 Å². The number of hydrogen-bond acceptors (Lipinski definition) is 12. The smallest absolute Gasteiger partial charge is 0.231 e. The molecule has 3 aliphatic rings. The average Bonchev–Trinajstić information content (AvgIpc) is 3.72. The van der Waals surface area contributed by atoms with E-state index in [2.05, 4.69) is 9.80 Å². The van der Waals surface area contributed by atoms with Gasteiger partial charge in [-0.05, 0) is 24.3 Å². The molecule has 3 aliphatic heterocycles. The largest absolute Gasteiger partial charge is 0.507 e. The number of piperazine rings is 1. The Bertz CT molecular complexity index is 1640. The van der Waals surface area contributed by atoms with E-state index in [1.807, 2.05) is 0 Å². The fraction of sp³-hybridized carbons (Fsp3) is 0.294. The van der Waals surface area contributed by atoms with E-state index < -0.39 is 12.1 Å². The zero-order valence-corrected chi connectivity index (χ0v) is 25.3. The molecule has 240 valence electrons. The molecule has 7 rings (SSSR count). The number of phenolic OH excluding ortho intramolecular Hbond substituents is 4. The monoisotopic (exact) mass is 630 g/mol. The van der Waals surface area contributed by atoms with E-state index in [-0.39, 0.29) is 36.6 Å². The molecule has 2 atom stereocenters. The van der Waals surface area contributed by atoms with Crippen LogP contribution in [-0.2, 0) is 0 Å². The first-order valence-corrected chi connectivity index (χ1v) is 14.8. The number of fused-ring (bicyclic) bond motifs is 2. The average molecular weight is 631 g/mol. The second kappa shape index (κ2) is 12.0. The van der Waals surface area contributed by atoms with Crippen molar-refractivity contribution in [1.29, 1.82) is 0 Å². The fourth-order valence-corrected chi connectivity index (χ4v) is 6.56. The quantitative estimate of drug-likeness (QED) is 0.218. The van der Waals surface area contributed by atoms with Gasteiger partial charge in [-0.25, -0.2) is 0 Å². The predicted molar refractivity (Wildman–Crippen MR) is 165 cm³/mol. The highest BCUT2D eigenvalue weighted by molar-refractivity contribution is 5.59. The summed E-state index contributed by atoms with van der Waals surface area (Å²) in [6.45, 7) is 2.06. The van der Waals surface area contributed by atoms with Crippen molar-refractivity contribution in [2.45, 2.75) is 12.1 Å². The van der Waals surface area contributed by atoms with Gasteiger partial charge in [-0.1, -0.05) is 24.3 Å². The molecule has 0 aliphatic carbocycles. The number of rotatable bonds is 8. The number of para-hydroxylation sites is 2. The Labute approximate surface area is 265 Å². The van der Waals surface area contributed by atoms with Gasteiger partial charge in [-0.15, -0.1) is 0 Å². The van der Waals surface area contributed by atoms with Crippen LogP contribution in [0.5, 0.6) is 57.5 Å². The maximum atomic E-state index is 11.3. The summed E-state index contributed by atoms with van der Waals surface area (Å²) in [5.74, 6) is 2.48. The summed E-state index contributed by atoms with van der Waals surface area (Å²) in [4.78, 5) is 4.31. The van der Waals surface area contributed by atoms with E-state index in [9.17, 15) is 20.4 Å². The molecular weight excluding hydrogens is 596 g/mol. The first-order valence-electron chi connectivity index (χ1n) is 14.8. The molecule has 0 amide bonds. The van der Waals surface area contributed by atoms with E-state index in [1.165, 1.54) is 26.4 Å². The molecule has 46 heavy (non-hydrogen) atoms. The number of aromatic hydroxyl groups is 4. The minimum Gasteiger partial charge on any atom is -0.507 e. The van der Waals surface area contributed by atoms with Gasteiger partial charge in [0.15, 0.2) is 46.0 Å². The zero-order valence-electron chi connectivity index (χ0n) is 25.3. The third-order valence-corrected chi connectivity index (χ3v) is 8.80. The molecule has 0 radical (unpaired) electrons. The summed E-state index contributed by atoms with van der Waals surface area (Å²) >= 11 is 0. The van der Waals surface area contributed by atoms with E-state index in [0.29, 0.717) is 82.9 Å². The Hall–Kier alpha value is -5.20. The first kappa shape index (κ1) is 29.5. The Morgan fingerprint density at radius 3 is 1.28 bits per heavy atom.